The van der Waals surface area contributed by atoms with Gasteiger partial charge in [0.1, 0.15) is 11.5 Å². The maximum absolute atomic E-state index is 12.4. The standard InChI is InChI=1S/C25H21NO5/c1-17-6-10-19(11-7-17)30-16-23(27)31-20-12-8-18(9-13-20)14-15-26-24(28)21-4-2-3-5-22(21)25(26)29/h2-13H,14-16H2,1H3. The molecule has 1 aliphatic rings. The number of benzene rings is 3. The van der Waals surface area contributed by atoms with Crippen LogP contribution in [0.4, 0.5) is 0 Å². The minimum absolute atomic E-state index is 0.190. The van der Waals surface area contributed by atoms with E-state index in [0.717, 1.165) is 11.1 Å². The number of fused-ring (bicyclic) bond motifs is 1. The first-order valence-electron chi connectivity index (χ1n) is 9.95. The predicted octanol–water partition coefficient (Wildman–Crippen LogP) is 3.82. The van der Waals surface area contributed by atoms with Crippen LogP contribution in [0.2, 0.25) is 0 Å². The van der Waals surface area contributed by atoms with Crippen LogP contribution < -0.4 is 9.47 Å². The van der Waals surface area contributed by atoms with Crippen molar-refractivity contribution in [3.8, 4) is 11.5 Å². The lowest BCUT2D eigenvalue weighted by Crippen LogP contribution is -2.31. The molecule has 6 heteroatoms. The van der Waals surface area contributed by atoms with E-state index in [9.17, 15) is 14.4 Å². The summed E-state index contributed by atoms with van der Waals surface area (Å²) in [5.74, 6) is -0.0214. The van der Waals surface area contributed by atoms with Gasteiger partial charge in [-0.3, -0.25) is 14.5 Å². The van der Waals surface area contributed by atoms with Gasteiger partial charge in [-0.15, -0.1) is 0 Å². The van der Waals surface area contributed by atoms with Gasteiger partial charge in [0.05, 0.1) is 11.1 Å². The van der Waals surface area contributed by atoms with Crippen LogP contribution in [0.15, 0.2) is 72.8 Å². The number of amides is 2. The second kappa shape index (κ2) is 8.83. The second-order valence-electron chi connectivity index (χ2n) is 7.28. The number of aryl methyl sites for hydroxylation is 1. The molecule has 1 heterocycles. The van der Waals surface area contributed by atoms with Crippen LogP contribution in [-0.4, -0.2) is 35.8 Å². The first-order valence-corrected chi connectivity index (χ1v) is 9.95. The van der Waals surface area contributed by atoms with Gasteiger partial charge in [-0.25, -0.2) is 4.79 Å². The fourth-order valence-electron chi connectivity index (χ4n) is 3.34. The highest BCUT2D eigenvalue weighted by Crippen LogP contribution is 2.23. The summed E-state index contributed by atoms with van der Waals surface area (Å²) < 4.78 is 10.7. The van der Waals surface area contributed by atoms with Crippen molar-refractivity contribution in [2.45, 2.75) is 13.3 Å². The molecule has 3 aromatic carbocycles. The second-order valence-corrected chi connectivity index (χ2v) is 7.28. The Morgan fingerprint density at radius 1 is 0.806 bits per heavy atom. The van der Waals surface area contributed by atoms with E-state index in [0.29, 0.717) is 29.0 Å². The smallest absolute Gasteiger partial charge is 0.349 e. The molecule has 0 atom stereocenters. The number of rotatable bonds is 7. The Balaban J connectivity index is 1.28. The molecule has 0 fully saturated rings. The van der Waals surface area contributed by atoms with E-state index in [1.807, 2.05) is 31.2 Å². The Kier molecular flexibility index (Phi) is 5.80. The summed E-state index contributed by atoms with van der Waals surface area (Å²) in [5, 5.41) is 0. The number of nitrogens with zero attached hydrogens (tertiary/aromatic N) is 1. The summed E-state index contributed by atoms with van der Waals surface area (Å²) in [7, 11) is 0. The molecule has 156 valence electrons. The molecule has 0 radical (unpaired) electrons. The molecule has 2 amide bonds. The molecular weight excluding hydrogens is 394 g/mol. The molecule has 4 rings (SSSR count). The SMILES string of the molecule is Cc1ccc(OCC(=O)Oc2ccc(CCN3C(=O)c4ccccc4C3=O)cc2)cc1. The van der Waals surface area contributed by atoms with Crippen LogP contribution in [0.25, 0.3) is 0 Å². The Hall–Kier alpha value is -3.93. The summed E-state index contributed by atoms with van der Waals surface area (Å²) in [6, 6.07) is 21.2. The van der Waals surface area contributed by atoms with Crippen molar-refractivity contribution in [1.29, 1.82) is 0 Å². The maximum Gasteiger partial charge on any atom is 0.349 e. The monoisotopic (exact) mass is 415 g/mol. The molecule has 1 aliphatic heterocycles. The minimum Gasteiger partial charge on any atom is -0.482 e. The number of carbonyl (C=O) groups is 3. The first-order chi connectivity index (χ1) is 15.0. The molecule has 6 nitrogen and oxygen atoms in total. The normalized spacial score (nSPS) is 12.6. The number of hydrogen-bond donors (Lipinski definition) is 0. The highest BCUT2D eigenvalue weighted by Gasteiger charge is 2.34. The lowest BCUT2D eigenvalue weighted by Gasteiger charge is -2.14. The summed E-state index contributed by atoms with van der Waals surface area (Å²) in [4.78, 5) is 38.1. The molecule has 0 bridgehead atoms. The highest BCUT2D eigenvalue weighted by molar-refractivity contribution is 6.21. The van der Waals surface area contributed by atoms with Crippen LogP contribution in [0.3, 0.4) is 0 Å². The van der Waals surface area contributed by atoms with Gasteiger partial charge in [0.25, 0.3) is 11.8 Å². The maximum atomic E-state index is 12.4. The fraction of sp³-hybridized carbons (Fsp3) is 0.160. The van der Waals surface area contributed by atoms with Gasteiger partial charge in [0.2, 0.25) is 0 Å². The van der Waals surface area contributed by atoms with Crippen LogP contribution >= 0.6 is 0 Å². The van der Waals surface area contributed by atoms with Gasteiger partial charge < -0.3 is 9.47 Å². The minimum atomic E-state index is -0.501. The molecule has 0 aliphatic carbocycles. The van der Waals surface area contributed by atoms with Crippen molar-refractivity contribution < 1.29 is 23.9 Å². The van der Waals surface area contributed by atoms with Gasteiger partial charge in [-0.1, -0.05) is 42.0 Å². The number of ether oxygens (including phenoxy) is 2. The Bertz CT molecular complexity index is 1080. The number of esters is 1. The lowest BCUT2D eigenvalue weighted by molar-refractivity contribution is -0.136. The average molecular weight is 415 g/mol. The molecular formula is C25H21NO5. The Morgan fingerprint density at radius 2 is 1.39 bits per heavy atom. The number of imide groups is 1. The zero-order valence-electron chi connectivity index (χ0n) is 17.0. The first kappa shape index (κ1) is 20.3. The topological polar surface area (TPSA) is 72.9 Å². The average Bonchev–Trinajstić information content (AvgIpc) is 3.03. The van der Waals surface area contributed by atoms with Crippen molar-refractivity contribution in [2.24, 2.45) is 0 Å². The van der Waals surface area contributed by atoms with E-state index in [1.165, 1.54) is 4.90 Å². The van der Waals surface area contributed by atoms with E-state index in [4.69, 9.17) is 9.47 Å². The largest absolute Gasteiger partial charge is 0.482 e. The van der Waals surface area contributed by atoms with E-state index < -0.39 is 5.97 Å². The quantitative estimate of drug-likeness (QED) is 0.333. The fourth-order valence-corrected chi connectivity index (χ4v) is 3.34. The van der Waals surface area contributed by atoms with Gasteiger partial charge in [-0.2, -0.15) is 0 Å². The molecule has 0 N–H and O–H groups in total. The molecule has 3 aromatic rings. The summed E-state index contributed by atoms with van der Waals surface area (Å²) >= 11 is 0. The molecule has 0 aromatic heterocycles. The molecule has 31 heavy (non-hydrogen) atoms. The van der Waals surface area contributed by atoms with E-state index in [1.54, 1.807) is 48.5 Å². The third-order valence-corrected chi connectivity index (χ3v) is 5.03. The van der Waals surface area contributed by atoms with E-state index in [2.05, 4.69) is 0 Å². The van der Waals surface area contributed by atoms with Crippen molar-refractivity contribution in [3.05, 3.63) is 95.1 Å². The summed E-state index contributed by atoms with van der Waals surface area (Å²) in [5.41, 5.74) is 2.93. The molecule has 0 spiro atoms. The van der Waals surface area contributed by atoms with Crippen LogP contribution in [-0.2, 0) is 11.2 Å². The zero-order chi connectivity index (χ0) is 21.8. The summed E-state index contributed by atoms with van der Waals surface area (Å²) in [6.45, 7) is 2.07. The molecule has 0 saturated heterocycles. The van der Waals surface area contributed by atoms with E-state index >= 15 is 0 Å². The molecule has 0 saturated carbocycles. The molecule has 0 unspecified atom stereocenters. The van der Waals surface area contributed by atoms with E-state index in [-0.39, 0.29) is 25.0 Å². The number of carbonyl (C=O) groups excluding carboxylic acids is 3. The van der Waals surface area contributed by atoms with Crippen LogP contribution in [0, 0.1) is 6.92 Å². The van der Waals surface area contributed by atoms with Crippen molar-refractivity contribution in [2.75, 3.05) is 13.2 Å². The third-order valence-electron chi connectivity index (χ3n) is 5.03. The summed E-state index contributed by atoms with van der Waals surface area (Å²) in [6.07, 6.45) is 0.510. The Morgan fingerprint density at radius 3 is 2.00 bits per heavy atom. The predicted molar refractivity (Wildman–Crippen MR) is 114 cm³/mol. The van der Waals surface area contributed by atoms with Gasteiger partial charge >= 0.3 is 5.97 Å². The van der Waals surface area contributed by atoms with Crippen LogP contribution in [0.5, 0.6) is 11.5 Å². The van der Waals surface area contributed by atoms with Gasteiger partial charge in [-0.05, 0) is 55.3 Å². The van der Waals surface area contributed by atoms with Gasteiger partial charge in [0.15, 0.2) is 6.61 Å². The van der Waals surface area contributed by atoms with Crippen molar-refractivity contribution in [3.63, 3.8) is 0 Å². The van der Waals surface area contributed by atoms with Crippen LogP contribution in [0.1, 0.15) is 31.8 Å². The lowest BCUT2D eigenvalue weighted by atomic mass is 10.1. The van der Waals surface area contributed by atoms with Crippen molar-refractivity contribution >= 4 is 17.8 Å². The number of hydrogen-bond acceptors (Lipinski definition) is 5. The zero-order valence-corrected chi connectivity index (χ0v) is 17.0. The van der Waals surface area contributed by atoms with Gasteiger partial charge in [0, 0.05) is 6.54 Å². The third kappa shape index (κ3) is 4.64. The van der Waals surface area contributed by atoms with Crippen molar-refractivity contribution in [1.82, 2.24) is 4.90 Å². The Labute approximate surface area is 180 Å². The highest BCUT2D eigenvalue weighted by atomic mass is 16.6.